The first kappa shape index (κ1) is 13.7. The van der Waals surface area contributed by atoms with Crippen molar-refractivity contribution in [2.75, 3.05) is 29.8 Å². The molecule has 0 saturated heterocycles. The van der Waals surface area contributed by atoms with Gasteiger partial charge in [0.15, 0.2) is 0 Å². The van der Waals surface area contributed by atoms with Crippen molar-refractivity contribution in [1.29, 1.82) is 0 Å². The Bertz CT molecular complexity index is 508. The van der Waals surface area contributed by atoms with Crippen LogP contribution in [0.5, 0.6) is 0 Å². The molecule has 5 heteroatoms. The molecule has 104 valence electrons. The lowest BCUT2D eigenvalue weighted by Gasteiger charge is -2.38. The Kier molecular flexibility index (Phi) is 4.32. The zero-order valence-corrected chi connectivity index (χ0v) is 11.8. The normalized spacial score (nSPS) is 18.6. The van der Waals surface area contributed by atoms with Gasteiger partial charge in [-0.15, -0.1) is 11.6 Å². The van der Waals surface area contributed by atoms with Gasteiger partial charge in [0, 0.05) is 7.97 Å². The number of hydrogen-bond donors (Lipinski definition) is 1. The average Bonchev–Trinajstić information content (AvgIpc) is 2.47. The van der Waals surface area contributed by atoms with Gasteiger partial charge in [-0.3, -0.25) is 9.69 Å². The smallest absolute Gasteiger partial charge is 0.242 e. The summed E-state index contributed by atoms with van der Waals surface area (Å²) in [5, 5.41) is 3.31. The molecule has 0 saturated carbocycles. The molecule has 1 aromatic carbocycles. The van der Waals surface area contributed by atoms with E-state index in [1.807, 2.05) is 37.3 Å². The summed E-state index contributed by atoms with van der Waals surface area (Å²) in [6.45, 7) is 2.50. The summed E-state index contributed by atoms with van der Waals surface area (Å²) < 4.78 is 5.36. The highest BCUT2D eigenvalue weighted by molar-refractivity contribution is 6.29. The molecule has 4 nitrogen and oxygen atoms in total. The molecule has 0 radical (unpaired) electrons. The summed E-state index contributed by atoms with van der Waals surface area (Å²) in [6, 6.07) is 7.52. The average molecular weight is 283 g/mol. The Morgan fingerprint density at radius 1 is 1.63 bits per heavy atom. The maximum atomic E-state index is 12.2. The van der Waals surface area contributed by atoms with Crippen LogP contribution >= 0.6 is 11.6 Å². The van der Waals surface area contributed by atoms with E-state index in [2.05, 4.69) is 5.32 Å². The fourth-order valence-electron chi connectivity index (χ4n) is 2.35. The summed E-state index contributed by atoms with van der Waals surface area (Å²) in [5.74, 6) is 0.573. The van der Waals surface area contributed by atoms with Crippen LogP contribution in [0.4, 0.5) is 11.4 Å². The van der Waals surface area contributed by atoms with Gasteiger partial charge >= 0.3 is 0 Å². The lowest BCUT2D eigenvalue weighted by atomic mass is 10.1. The second-order valence-electron chi connectivity index (χ2n) is 4.21. The van der Waals surface area contributed by atoms with Crippen LogP contribution in [0.1, 0.15) is 8.35 Å². The van der Waals surface area contributed by atoms with Crippen LogP contribution in [0, 0.1) is 0 Å². The van der Waals surface area contributed by atoms with Crippen molar-refractivity contribution in [3.05, 3.63) is 36.1 Å². The molecule has 1 aromatic rings. The molecule has 1 amide bonds. The van der Waals surface area contributed by atoms with Gasteiger partial charge in [-0.2, -0.15) is 0 Å². The first-order valence-electron chi connectivity index (χ1n) is 6.14. The molecule has 0 fully saturated rings. The Hall–Kier alpha value is -1.68. The number of amides is 1. The predicted octanol–water partition coefficient (Wildman–Crippen LogP) is 2.85. The summed E-state index contributed by atoms with van der Waals surface area (Å²) >= 11 is 5.74. The van der Waals surface area contributed by atoms with Crippen molar-refractivity contribution < 1.29 is 11.0 Å². The van der Waals surface area contributed by atoms with E-state index in [1.165, 1.54) is 0 Å². The van der Waals surface area contributed by atoms with E-state index in [-0.39, 0.29) is 19.3 Å². The molecule has 19 heavy (non-hydrogen) atoms. The molecular formula is C14H19ClN2O2. The molecule has 1 aliphatic heterocycles. The van der Waals surface area contributed by atoms with Crippen LogP contribution in [-0.2, 0) is 9.53 Å². The number of carbonyl (C=O) groups is 1. The van der Waals surface area contributed by atoms with Crippen molar-refractivity contribution in [2.45, 2.75) is 13.0 Å². The SMILES string of the molecule is C/C=C(\OC)C1CNc2ccccc2N1C(=O)CCl.[HH]. The number of nitrogens with zero attached hydrogens (tertiary/aromatic N) is 1. The van der Waals surface area contributed by atoms with Gasteiger partial charge < -0.3 is 10.1 Å². The Morgan fingerprint density at radius 2 is 2.37 bits per heavy atom. The van der Waals surface area contributed by atoms with Crippen LogP contribution in [0.25, 0.3) is 0 Å². The van der Waals surface area contributed by atoms with Crippen molar-refractivity contribution in [2.24, 2.45) is 0 Å². The van der Waals surface area contributed by atoms with Crippen LogP contribution < -0.4 is 10.2 Å². The molecule has 0 bridgehead atoms. The lowest BCUT2D eigenvalue weighted by molar-refractivity contribution is -0.116. The Morgan fingerprint density at radius 3 is 3.00 bits per heavy atom. The lowest BCUT2D eigenvalue weighted by Crippen LogP contribution is -2.49. The van der Waals surface area contributed by atoms with E-state index < -0.39 is 0 Å². The number of para-hydroxylation sites is 2. The number of benzene rings is 1. The molecule has 0 aliphatic carbocycles. The van der Waals surface area contributed by atoms with Gasteiger partial charge in [0.2, 0.25) is 5.91 Å². The number of halogens is 1. The topological polar surface area (TPSA) is 41.6 Å². The largest absolute Gasteiger partial charge is 0.499 e. The van der Waals surface area contributed by atoms with E-state index in [9.17, 15) is 4.79 Å². The van der Waals surface area contributed by atoms with E-state index in [0.29, 0.717) is 6.54 Å². The highest BCUT2D eigenvalue weighted by Gasteiger charge is 2.33. The number of carbonyl (C=O) groups excluding carboxylic acids is 1. The zero-order chi connectivity index (χ0) is 13.8. The minimum Gasteiger partial charge on any atom is -0.499 e. The number of alkyl halides is 1. The minimum atomic E-state index is -0.170. The highest BCUT2D eigenvalue weighted by atomic mass is 35.5. The number of ether oxygens (including phenoxy) is 1. The van der Waals surface area contributed by atoms with Gasteiger partial charge in [-0.1, -0.05) is 12.1 Å². The third kappa shape index (κ3) is 2.54. The summed E-state index contributed by atoms with van der Waals surface area (Å²) in [6.07, 6.45) is 1.87. The van der Waals surface area contributed by atoms with Crippen LogP contribution in [-0.4, -0.2) is 31.5 Å². The molecule has 1 atom stereocenters. The molecular weight excluding hydrogens is 264 g/mol. The van der Waals surface area contributed by atoms with Crippen molar-refractivity contribution in [3.63, 3.8) is 0 Å². The molecule has 0 spiro atoms. The zero-order valence-electron chi connectivity index (χ0n) is 11.0. The summed E-state index contributed by atoms with van der Waals surface area (Å²) in [4.78, 5) is 13.9. The predicted molar refractivity (Wildman–Crippen MR) is 79.8 cm³/mol. The molecule has 2 rings (SSSR count). The highest BCUT2D eigenvalue weighted by Crippen LogP contribution is 2.33. The fraction of sp³-hybridized carbons (Fsp3) is 0.357. The van der Waals surface area contributed by atoms with Gasteiger partial charge in [-0.05, 0) is 25.1 Å². The minimum absolute atomic E-state index is 0. The van der Waals surface area contributed by atoms with Crippen LogP contribution in [0.15, 0.2) is 36.1 Å². The second-order valence-corrected chi connectivity index (χ2v) is 4.47. The van der Waals surface area contributed by atoms with Crippen molar-refractivity contribution in [3.8, 4) is 0 Å². The first-order valence-corrected chi connectivity index (χ1v) is 6.67. The first-order chi connectivity index (χ1) is 9.22. The number of allylic oxidation sites excluding steroid dienone is 1. The third-order valence-corrected chi connectivity index (χ3v) is 3.42. The number of anilines is 2. The maximum Gasteiger partial charge on any atom is 0.242 e. The van der Waals surface area contributed by atoms with Gasteiger partial charge in [-0.25, -0.2) is 0 Å². The fourth-order valence-corrected chi connectivity index (χ4v) is 2.47. The van der Waals surface area contributed by atoms with E-state index >= 15 is 0 Å². The van der Waals surface area contributed by atoms with Crippen molar-refractivity contribution >= 4 is 28.9 Å². The van der Waals surface area contributed by atoms with Gasteiger partial charge in [0.05, 0.1) is 18.5 Å². The molecule has 1 heterocycles. The van der Waals surface area contributed by atoms with Crippen molar-refractivity contribution in [1.82, 2.24) is 0 Å². The molecule has 0 aromatic heterocycles. The quantitative estimate of drug-likeness (QED) is 0.685. The van der Waals surface area contributed by atoms with E-state index in [4.69, 9.17) is 16.3 Å². The third-order valence-electron chi connectivity index (χ3n) is 3.19. The number of nitrogens with one attached hydrogen (secondary N) is 1. The monoisotopic (exact) mass is 282 g/mol. The summed E-state index contributed by atoms with van der Waals surface area (Å²) in [5.41, 5.74) is 1.77. The maximum absolute atomic E-state index is 12.2. The second kappa shape index (κ2) is 5.97. The molecule has 1 aliphatic rings. The summed E-state index contributed by atoms with van der Waals surface area (Å²) in [7, 11) is 1.61. The number of hydrogen-bond acceptors (Lipinski definition) is 3. The number of rotatable bonds is 3. The molecule has 1 unspecified atom stereocenters. The molecule has 1 N–H and O–H groups in total. The Balaban J connectivity index is 0.00000200. The van der Waals surface area contributed by atoms with Crippen LogP contribution in [0.2, 0.25) is 0 Å². The van der Waals surface area contributed by atoms with Crippen LogP contribution in [0.3, 0.4) is 0 Å². The van der Waals surface area contributed by atoms with Gasteiger partial charge in [0.1, 0.15) is 17.7 Å². The number of methoxy groups -OCH3 is 1. The standard InChI is InChI=1S/C14H17ClN2O2.H2/c1-3-13(19-2)12-9-16-10-6-4-5-7-11(10)17(12)14(18)8-15;/h3-7,12,16H,8-9H2,1-2H3;1H/b13-3-;. The van der Waals surface area contributed by atoms with E-state index in [1.54, 1.807) is 12.0 Å². The number of fused-ring (bicyclic) bond motifs is 1. The Labute approximate surface area is 119 Å². The van der Waals surface area contributed by atoms with Gasteiger partial charge in [0.25, 0.3) is 0 Å². The van der Waals surface area contributed by atoms with E-state index in [0.717, 1.165) is 17.1 Å².